The standard InChI is InChI=1S/C23H26N8O3/c1-14-6-7-15(2)20(10-14)34-13-31-9-8-17(28-31)22(32)27-19-12-25-30(5)21(19)23(33)26-18-11-24-29(4)16(18)3/h6-12H,13H2,1-5H3,(H,26,33)(H,27,32). The van der Waals surface area contributed by atoms with Gasteiger partial charge in [0.2, 0.25) is 0 Å². The Hall–Kier alpha value is -4.41. The predicted molar refractivity (Wildman–Crippen MR) is 126 cm³/mol. The van der Waals surface area contributed by atoms with E-state index in [2.05, 4.69) is 25.9 Å². The average molecular weight is 463 g/mol. The van der Waals surface area contributed by atoms with Gasteiger partial charge in [0.25, 0.3) is 11.8 Å². The van der Waals surface area contributed by atoms with Crippen molar-refractivity contribution in [3.63, 3.8) is 0 Å². The van der Waals surface area contributed by atoms with Crippen LogP contribution in [0, 0.1) is 20.8 Å². The number of aromatic nitrogens is 6. The summed E-state index contributed by atoms with van der Waals surface area (Å²) >= 11 is 0. The van der Waals surface area contributed by atoms with E-state index in [1.807, 2.05) is 39.0 Å². The van der Waals surface area contributed by atoms with Crippen LogP contribution in [0.15, 0.2) is 42.9 Å². The highest BCUT2D eigenvalue weighted by atomic mass is 16.5. The molecule has 4 aromatic rings. The fraction of sp³-hybridized carbons (Fsp3) is 0.261. The van der Waals surface area contributed by atoms with Gasteiger partial charge in [-0.3, -0.25) is 19.0 Å². The van der Waals surface area contributed by atoms with Crippen molar-refractivity contribution in [3.05, 3.63) is 71.1 Å². The third-order valence-corrected chi connectivity index (χ3v) is 5.45. The molecule has 2 amide bonds. The Balaban J connectivity index is 1.43. The average Bonchev–Trinajstić information content (AvgIpc) is 3.50. The highest BCUT2D eigenvalue weighted by molar-refractivity contribution is 6.11. The molecule has 0 aliphatic rings. The van der Waals surface area contributed by atoms with Crippen molar-refractivity contribution in [1.82, 2.24) is 29.3 Å². The molecule has 0 fully saturated rings. The Morgan fingerprint density at radius 2 is 1.65 bits per heavy atom. The number of ether oxygens (including phenoxy) is 1. The molecule has 4 rings (SSSR count). The molecule has 0 aliphatic carbocycles. The largest absolute Gasteiger partial charge is 0.471 e. The summed E-state index contributed by atoms with van der Waals surface area (Å²) in [4.78, 5) is 25.7. The van der Waals surface area contributed by atoms with Crippen LogP contribution < -0.4 is 15.4 Å². The minimum absolute atomic E-state index is 0.155. The van der Waals surface area contributed by atoms with Gasteiger partial charge in [-0.25, -0.2) is 4.68 Å². The lowest BCUT2D eigenvalue weighted by Crippen LogP contribution is -2.21. The maximum atomic E-state index is 12.9. The van der Waals surface area contributed by atoms with Crippen molar-refractivity contribution >= 4 is 23.2 Å². The molecule has 0 bridgehead atoms. The van der Waals surface area contributed by atoms with Gasteiger partial charge in [0.05, 0.1) is 29.5 Å². The third kappa shape index (κ3) is 4.68. The lowest BCUT2D eigenvalue weighted by Gasteiger charge is -2.10. The third-order valence-electron chi connectivity index (χ3n) is 5.45. The summed E-state index contributed by atoms with van der Waals surface area (Å²) in [6.45, 7) is 5.96. The summed E-state index contributed by atoms with van der Waals surface area (Å²) in [7, 11) is 3.41. The normalized spacial score (nSPS) is 10.9. The van der Waals surface area contributed by atoms with Crippen LogP contribution in [0.3, 0.4) is 0 Å². The Bertz CT molecular complexity index is 1360. The van der Waals surface area contributed by atoms with Gasteiger partial charge >= 0.3 is 0 Å². The molecule has 1 aromatic carbocycles. The summed E-state index contributed by atoms with van der Waals surface area (Å²) in [6.07, 6.45) is 4.64. The first-order valence-corrected chi connectivity index (χ1v) is 10.6. The number of benzene rings is 1. The first kappa shape index (κ1) is 22.8. The number of hydrogen-bond donors (Lipinski definition) is 2. The second kappa shape index (κ2) is 9.22. The maximum Gasteiger partial charge on any atom is 0.276 e. The molecule has 0 radical (unpaired) electrons. The number of amides is 2. The van der Waals surface area contributed by atoms with Gasteiger partial charge in [0, 0.05) is 20.3 Å². The Labute approximate surface area is 196 Å². The van der Waals surface area contributed by atoms with Crippen LogP contribution in [0.2, 0.25) is 0 Å². The zero-order valence-electron chi connectivity index (χ0n) is 19.7. The van der Waals surface area contributed by atoms with Gasteiger partial charge in [0.1, 0.15) is 11.4 Å². The number of rotatable bonds is 7. The smallest absolute Gasteiger partial charge is 0.276 e. The Kier molecular flexibility index (Phi) is 6.17. The quantitative estimate of drug-likeness (QED) is 0.436. The summed E-state index contributed by atoms with van der Waals surface area (Å²) in [5, 5.41) is 18.0. The van der Waals surface area contributed by atoms with Crippen molar-refractivity contribution in [3.8, 4) is 5.75 Å². The van der Waals surface area contributed by atoms with Gasteiger partial charge in [0.15, 0.2) is 12.4 Å². The molecule has 0 saturated heterocycles. The number of anilines is 2. The van der Waals surface area contributed by atoms with Crippen LogP contribution in [0.1, 0.15) is 37.8 Å². The van der Waals surface area contributed by atoms with E-state index < -0.39 is 11.8 Å². The number of nitrogens with one attached hydrogen (secondary N) is 2. The zero-order valence-corrected chi connectivity index (χ0v) is 19.7. The molecule has 11 heteroatoms. The molecule has 3 heterocycles. The highest BCUT2D eigenvalue weighted by Crippen LogP contribution is 2.21. The fourth-order valence-electron chi connectivity index (χ4n) is 3.34. The number of nitrogens with zero attached hydrogens (tertiary/aromatic N) is 6. The molecule has 176 valence electrons. The molecule has 11 nitrogen and oxygen atoms in total. The van der Waals surface area contributed by atoms with Gasteiger partial charge in [-0.1, -0.05) is 12.1 Å². The minimum Gasteiger partial charge on any atom is -0.471 e. The van der Waals surface area contributed by atoms with E-state index in [9.17, 15) is 9.59 Å². The molecule has 3 aromatic heterocycles. The van der Waals surface area contributed by atoms with Crippen LogP contribution in [-0.4, -0.2) is 41.2 Å². The lowest BCUT2D eigenvalue weighted by atomic mass is 10.1. The van der Waals surface area contributed by atoms with E-state index in [0.717, 1.165) is 22.6 Å². The predicted octanol–water partition coefficient (Wildman–Crippen LogP) is 2.82. The van der Waals surface area contributed by atoms with Gasteiger partial charge in [-0.15, -0.1) is 0 Å². The monoisotopic (exact) mass is 462 g/mol. The Morgan fingerprint density at radius 1 is 0.941 bits per heavy atom. The van der Waals surface area contributed by atoms with E-state index in [-0.39, 0.29) is 23.8 Å². The summed E-state index contributed by atoms with van der Waals surface area (Å²) in [5.74, 6) is -0.125. The first-order valence-electron chi connectivity index (χ1n) is 10.6. The van der Waals surface area contributed by atoms with E-state index >= 15 is 0 Å². The molecule has 0 saturated carbocycles. The van der Waals surface area contributed by atoms with E-state index in [1.54, 1.807) is 37.2 Å². The van der Waals surface area contributed by atoms with Crippen molar-refractivity contribution in [2.24, 2.45) is 14.1 Å². The molecule has 0 spiro atoms. The molecule has 0 unspecified atom stereocenters. The van der Waals surface area contributed by atoms with Crippen LogP contribution in [0.4, 0.5) is 11.4 Å². The summed E-state index contributed by atoms with van der Waals surface area (Å²) < 4.78 is 10.4. The van der Waals surface area contributed by atoms with Crippen molar-refractivity contribution in [2.45, 2.75) is 27.5 Å². The highest BCUT2D eigenvalue weighted by Gasteiger charge is 2.21. The number of carbonyl (C=O) groups is 2. The molecule has 34 heavy (non-hydrogen) atoms. The molecule has 2 N–H and O–H groups in total. The minimum atomic E-state index is -0.468. The molecule has 0 atom stereocenters. The molecular formula is C23H26N8O3. The fourth-order valence-corrected chi connectivity index (χ4v) is 3.34. The lowest BCUT2D eigenvalue weighted by molar-refractivity contribution is 0.101. The van der Waals surface area contributed by atoms with Crippen LogP contribution >= 0.6 is 0 Å². The summed E-state index contributed by atoms with van der Waals surface area (Å²) in [6, 6.07) is 7.54. The van der Waals surface area contributed by atoms with Gasteiger partial charge in [-0.2, -0.15) is 15.3 Å². The zero-order chi connectivity index (χ0) is 24.4. The second-order valence-electron chi connectivity index (χ2n) is 7.99. The molecular weight excluding hydrogens is 436 g/mol. The molecule has 0 aliphatic heterocycles. The van der Waals surface area contributed by atoms with Crippen molar-refractivity contribution < 1.29 is 14.3 Å². The first-order chi connectivity index (χ1) is 16.2. The maximum absolute atomic E-state index is 12.9. The van der Waals surface area contributed by atoms with E-state index in [4.69, 9.17) is 4.74 Å². The SMILES string of the molecule is Cc1ccc(C)c(OCn2ccc(C(=O)Nc3cnn(C)c3C(=O)Nc3cnn(C)c3C)n2)c1. The number of aryl methyl sites for hydroxylation is 4. The van der Waals surface area contributed by atoms with Crippen molar-refractivity contribution in [2.75, 3.05) is 10.6 Å². The van der Waals surface area contributed by atoms with E-state index in [1.165, 1.54) is 15.6 Å². The number of hydrogen-bond acceptors (Lipinski definition) is 6. The van der Waals surface area contributed by atoms with Crippen LogP contribution in [-0.2, 0) is 20.8 Å². The Morgan fingerprint density at radius 3 is 2.38 bits per heavy atom. The number of carbonyl (C=O) groups excluding carboxylic acids is 2. The van der Waals surface area contributed by atoms with Gasteiger partial charge in [-0.05, 0) is 44.0 Å². The van der Waals surface area contributed by atoms with Gasteiger partial charge < -0.3 is 15.4 Å². The topological polar surface area (TPSA) is 121 Å². The van der Waals surface area contributed by atoms with Crippen LogP contribution in [0.25, 0.3) is 0 Å². The second-order valence-corrected chi connectivity index (χ2v) is 7.99. The van der Waals surface area contributed by atoms with Crippen molar-refractivity contribution in [1.29, 1.82) is 0 Å². The summed E-state index contributed by atoms with van der Waals surface area (Å²) in [5.41, 5.74) is 4.14. The van der Waals surface area contributed by atoms with E-state index in [0.29, 0.717) is 5.69 Å². The van der Waals surface area contributed by atoms with Crippen LogP contribution in [0.5, 0.6) is 5.75 Å².